The molecule has 22 heavy (non-hydrogen) atoms. The summed E-state index contributed by atoms with van der Waals surface area (Å²) >= 11 is 2.98. The fourth-order valence-corrected chi connectivity index (χ4v) is 2.22. The van der Waals surface area contributed by atoms with Crippen LogP contribution in [-0.4, -0.2) is 5.91 Å². The summed E-state index contributed by atoms with van der Waals surface area (Å²) in [6.45, 7) is 0. The Balaban J connectivity index is 2.29. The van der Waals surface area contributed by atoms with Crippen molar-refractivity contribution in [2.75, 3.05) is 5.32 Å². The van der Waals surface area contributed by atoms with E-state index in [1.165, 1.54) is 6.07 Å². The van der Waals surface area contributed by atoms with Crippen molar-refractivity contribution in [3.8, 4) is 0 Å². The molecule has 2 nitrogen and oxygen atoms in total. The molecule has 0 saturated heterocycles. The Morgan fingerprint density at radius 2 is 1.73 bits per heavy atom. The first kappa shape index (κ1) is 16.4. The van der Waals surface area contributed by atoms with Crippen molar-refractivity contribution in [2.24, 2.45) is 0 Å². The van der Waals surface area contributed by atoms with Crippen LogP contribution in [0.25, 0.3) is 0 Å². The number of alkyl halides is 3. The first-order valence-corrected chi connectivity index (χ1v) is 6.61. The third-order valence-corrected chi connectivity index (χ3v) is 3.36. The number of nitrogens with one attached hydrogen (secondary N) is 1. The molecule has 0 saturated carbocycles. The number of hydrogen-bond donors (Lipinski definition) is 1. The number of rotatable bonds is 2. The van der Waals surface area contributed by atoms with Gasteiger partial charge >= 0.3 is 6.18 Å². The van der Waals surface area contributed by atoms with Gasteiger partial charge in [-0.1, -0.05) is 0 Å². The second-order valence-electron chi connectivity index (χ2n) is 4.27. The molecule has 0 spiro atoms. The van der Waals surface area contributed by atoms with Crippen LogP contribution in [0.2, 0.25) is 0 Å². The van der Waals surface area contributed by atoms with Crippen molar-refractivity contribution in [2.45, 2.75) is 6.18 Å². The molecule has 0 bridgehead atoms. The lowest BCUT2D eigenvalue weighted by atomic mass is 10.1. The predicted molar refractivity (Wildman–Crippen MR) is 73.5 cm³/mol. The molecule has 0 aliphatic carbocycles. The second kappa shape index (κ2) is 6.04. The fraction of sp³-hybridized carbons (Fsp3) is 0.0714. The lowest BCUT2D eigenvalue weighted by molar-refractivity contribution is -0.139. The average Bonchev–Trinajstić information content (AvgIpc) is 2.39. The predicted octanol–water partition coefficient (Wildman–Crippen LogP) is 5.00. The molecular weight excluding hydrogens is 373 g/mol. The van der Waals surface area contributed by atoms with Gasteiger partial charge in [0.15, 0.2) is 0 Å². The molecule has 0 aromatic heterocycles. The van der Waals surface area contributed by atoms with Gasteiger partial charge in [0.2, 0.25) is 0 Å². The number of hydrogen-bond acceptors (Lipinski definition) is 1. The third kappa shape index (κ3) is 3.62. The average molecular weight is 380 g/mol. The number of amides is 1. The van der Waals surface area contributed by atoms with Crippen LogP contribution in [0.4, 0.5) is 27.6 Å². The molecule has 0 radical (unpaired) electrons. The van der Waals surface area contributed by atoms with Gasteiger partial charge in [-0.05, 0) is 52.3 Å². The third-order valence-electron chi connectivity index (χ3n) is 2.71. The molecule has 0 unspecified atom stereocenters. The second-order valence-corrected chi connectivity index (χ2v) is 5.13. The minimum absolute atomic E-state index is 0.0271. The van der Waals surface area contributed by atoms with Crippen molar-refractivity contribution >= 4 is 27.5 Å². The van der Waals surface area contributed by atoms with E-state index in [0.29, 0.717) is 12.1 Å². The fourth-order valence-electron chi connectivity index (χ4n) is 1.69. The maximum absolute atomic E-state index is 13.2. The summed E-state index contributed by atoms with van der Waals surface area (Å²) in [5.74, 6) is -2.77. The Bertz CT molecular complexity index is 730. The van der Waals surface area contributed by atoms with Crippen molar-refractivity contribution in [3.63, 3.8) is 0 Å². The number of carbonyl (C=O) groups excluding carboxylic acids is 1. The van der Waals surface area contributed by atoms with Gasteiger partial charge in [0, 0.05) is 10.2 Å². The molecule has 0 atom stereocenters. The number of anilines is 1. The first-order valence-electron chi connectivity index (χ1n) is 5.81. The molecule has 2 aromatic carbocycles. The van der Waals surface area contributed by atoms with E-state index < -0.39 is 29.3 Å². The summed E-state index contributed by atoms with van der Waals surface area (Å²) < 4.78 is 64.0. The maximum Gasteiger partial charge on any atom is 0.419 e. The minimum atomic E-state index is -4.87. The molecule has 2 rings (SSSR count). The Hall–Kier alpha value is -1.96. The highest BCUT2D eigenvalue weighted by Crippen LogP contribution is 2.33. The Morgan fingerprint density at radius 1 is 1.05 bits per heavy atom. The Morgan fingerprint density at radius 3 is 2.32 bits per heavy atom. The molecular formula is C14H7BrF5NO. The van der Waals surface area contributed by atoms with E-state index in [1.54, 1.807) is 0 Å². The van der Waals surface area contributed by atoms with Gasteiger partial charge in [0.1, 0.15) is 11.6 Å². The zero-order chi connectivity index (χ0) is 16.5. The molecule has 1 amide bonds. The number of benzene rings is 2. The standard InChI is InChI=1S/C14H7BrF5NO/c15-11-5-7(16)1-3-9(11)13(22)21-8-2-4-12(17)10(6-8)14(18,19)20/h1-6H,(H,21,22). The summed E-state index contributed by atoms with van der Waals surface area (Å²) in [6.07, 6.45) is -4.87. The Labute approximate surface area is 130 Å². The van der Waals surface area contributed by atoms with E-state index in [-0.39, 0.29) is 15.7 Å². The van der Waals surface area contributed by atoms with Crippen LogP contribution in [0, 0.1) is 11.6 Å². The Kier molecular flexibility index (Phi) is 4.50. The van der Waals surface area contributed by atoms with E-state index in [2.05, 4.69) is 21.2 Å². The van der Waals surface area contributed by atoms with E-state index in [4.69, 9.17) is 0 Å². The lowest BCUT2D eigenvalue weighted by Gasteiger charge is -2.11. The highest BCUT2D eigenvalue weighted by molar-refractivity contribution is 9.10. The summed E-state index contributed by atoms with van der Waals surface area (Å²) in [5, 5.41) is 2.20. The van der Waals surface area contributed by atoms with E-state index in [0.717, 1.165) is 18.2 Å². The summed E-state index contributed by atoms with van der Waals surface area (Å²) in [4.78, 5) is 12.0. The first-order chi connectivity index (χ1) is 10.2. The van der Waals surface area contributed by atoms with Crippen LogP contribution < -0.4 is 5.32 Å². The molecule has 1 N–H and O–H groups in total. The largest absolute Gasteiger partial charge is 0.419 e. The summed E-state index contributed by atoms with van der Waals surface area (Å²) in [6, 6.07) is 5.35. The normalized spacial score (nSPS) is 11.4. The van der Waals surface area contributed by atoms with Crippen LogP contribution in [0.1, 0.15) is 15.9 Å². The van der Waals surface area contributed by atoms with Gasteiger partial charge in [0.25, 0.3) is 5.91 Å². The highest BCUT2D eigenvalue weighted by atomic mass is 79.9. The van der Waals surface area contributed by atoms with Crippen LogP contribution in [0.5, 0.6) is 0 Å². The maximum atomic E-state index is 13.2. The van der Waals surface area contributed by atoms with Crippen molar-refractivity contribution in [1.82, 2.24) is 0 Å². The van der Waals surface area contributed by atoms with E-state index >= 15 is 0 Å². The zero-order valence-corrected chi connectivity index (χ0v) is 12.2. The zero-order valence-electron chi connectivity index (χ0n) is 10.6. The van der Waals surface area contributed by atoms with Gasteiger partial charge in [-0.3, -0.25) is 4.79 Å². The SMILES string of the molecule is O=C(Nc1ccc(F)c(C(F)(F)F)c1)c1ccc(F)cc1Br. The smallest absolute Gasteiger partial charge is 0.322 e. The molecule has 8 heteroatoms. The van der Waals surface area contributed by atoms with Gasteiger partial charge in [-0.25, -0.2) is 8.78 Å². The van der Waals surface area contributed by atoms with Crippen LogP contribution in [-0.2, 0) is 6.18 Å². The van der Waals surface area contributed by atoms with Gasteiger partial charge in [-0.2, -0.15) is 13.2 Å². The van der Waals surface area contributed by atoms with Gasteiger partial charge < -0.3 is 5.32 Å². The van der Waals surface area contributed by atoms with Gasteiger partial charge in [0.05, 0.1) is 11.1 Å². The molecule has 116 valence electrons. The van der Waals surface area contributed by atoms with Crippen molar-refractivity contribution in [1.29, 1.82) is 0 Å². The topological polar surface area (TPSA) is 29.1 Å². The molecule has 2 aromatic rings. The lowest BCUT2D eigenvalue weighted by Crippen LogP contribution is -2.14. The number of carbonyl (C=O) groups is 1. The molecule has 0 fully saturated rings. The monoisotopic (exact) mass is 379 g/mol. The summed E-state index contributed by atoms with van der Waals surface area (Å²) in [7, 11) is 0. The highest BCUT2D eigenvalue weighted by Gasteiger charge is 2.34. The van der Waals surface area contributed by atoms with Crippen LogP contribution in [0.15, 0.2) is 40.9 Å². The molecule has 0 aliphatic heterocycles. The van der Waals surface area contributed by atoms with Crippen molar-refractivity contribution < 1.29 is 26.7 Å². The van der Waals surface area contributed by atoms with Gasteiger partial charge in [-0.15, -0.1) is 0 Å². The molecule has 0 aliphatic rings. The van der Waals surface area contributed by atoms with Crippen LogP contribution >= 0.6 is 15.9 Å². The summed E-state index contributed by atoms with van der Waals surface area (Å²) in [5.41, 5.74) is -1.68. The van der Waals surface area contributed by atoms with Crippen molar-refractivity contribution in [3.05, 3.63) is 63.6 Å². The quantitative estimate of drug-likeness (QED) is 0.731. The van der Waals surface area contributed by atoms with E-state index in [1.807, 2.05) is 0 Å². The minimum Gasteiger partial charge on any atom is -0.322 e. The van der Waals surface area contributed by atoms with Crippen LogP contribution in [0.3, 0.4) is 0 Å². The molecule has 0 heterocycles. The number of halogens is 6. The van der Waals surface area contributed by atoms with E-state index in [9.17, 15) is 26.7 Å².